The van der Waals surface area contributed by atoms with Crippen LogP contribution < -0.4 is 11.1 Å². The Morgan fingerprint density at radius 2 is 1.67 bits per heavy atom. The molecule has 1 amide bonds. The Morgan fingerprint density at radius 3 is 2.33 bits per heavy atom. The molecule has 0 spiro atoms. The molecule has 1 fully saturated rings. The van der Waals surface area contributed by atoms with Crippen molar-refractivity contribution >= 4 is 5.91 Å². The van der Waals surface area contributed by atoms with Gasteiger partial charge in [-0.25, -0.2) is 0 Å². The molecule has 3 N–H and O–H groups in total. The molecule has 0 radical (unpaired) electrons. The molecule has 1 aliphatic rings. The average molecular weight is 322 g/mol. The third kappa shape index (κ3) is 4.45. The Bertz CT molecular complexity index is 670. The van der Waals surface area contributed by atoms with Crippen LogP contribution in [0.15, 0.2) is 48.5 Å². The molecule has 0 unspecified atom stereocenters. The summed E-state index contributed by atoms with van der Waals surface area (Å²) in [5, 5.41) is 3.70. The monoisotopic (exact) mass is 322 g/mol. The molecule has 24 heavy (non-hydrogen) atoms. The van der Waals surface area contributed by atoms with E-state index in [1.807, 2.05) is 18.2 Å². The number of hydrogen-bond acceptors (Lipinski definition) is 2. The minimum atomic E-state index is -0.388. The highest BCUT2D eigenvalue weighted by atomic mass is 16.1. The fourth-order valence-electron chi connectivity index (χ4n) is 3.41. The van der Waals surface area contributed by atoms with E-state index in [4.69, 9.17) is 5.73 Å². The molecular formula is C21H26N2O. The van der Waals surface area contributed by atoms with Crippen LogP contribution in [0, 0.1) is 0 Å². The lowest BCUT2D eigenvalue weighted by atomic mass is 10.0. The van der Waals surface area contributed by atoms with Gasteiger partial charge in [-0.3, -0.25) is 4.79 Å². The van der Waals surface area contributed by atoms with E-state index in [-0.39, 0.29) is 5.91 Å². The van der Waals surface area contributed by atoms with Crippen molar-refractivity contribution in [3.63, 3.8) is 0 Å². The number of benzene rings is 2. The van der Waals surface area contributed by atoms with Crippen molar-refractivity contribution in [2.75, 3.05) is 0 Å². The first-order valence-electron chi connectivity index (χ1n) is 8.95. The normalized spacial score (nSPS) is 15.8. The maximum atomic E-state index is 11.3. The van der Waals surface area contributed by atoms with E-state index in [1.54, 1.807) is 6.07 Å². The standard InChI is InChI=1S/C21H26N2O/c22-21(24)19-7-5-6-18(14-19)17-12-10-16(11-13-17)15-23-20-8-3-1-2-4-9-20/h5-7,10-14,20,23H,1-4,8-9,15H2,(H2,22,24). The molecule has 0 bridgehead atoms. The van der Waals surface area contributed by atoms with Gasteiger partial charge in [0.05, 0.1) is 0 Å². The van der Waals surface area contributed by atoms with E-state index >= 15 is 0 Å². The van der Waals surface area contributed by atoms with Gasteiger partial charge in [-0.2, -0.15) is 0 Å². The summed E-state index contributed by atoms with van der Waals surface area (Å²) in [6, 6.07) is 16.7. The van der Waals surface area contributed by atoms with Gasteiger partial charge in [0.25, 0.3) is 0 Å². The van der Waals surface area contributed by atoms with Gasteiger partial charge < -0.3 is 11.1 Å². The number of carbonyl (C=O) groups is 1. The Kier molecular flexibility index (Phi) is 5.65. The van der Waals surface area contributed by atoms with Crippen LogP contribution in [0.25, 0.3) is 11.1 Å². The Morgan fingerprint density at radius 1 is 0.958 bits per heavy atom. The molecule has 0 aromatic heterocycles. The molecule has 1 saturated carbocycles. The predicted molar refractivity (Wildman–Crippen MR) is 98.7 cm³/mol. The SMILES string of the molecule is NC(=O)c1cccc(-c2ccc(CNC3CCCCCC3)cc2)c1. The summed E-state index contributed by atoms with van der Waals surface area (Å²) in [6.07, 6.45) is 8.09. The Balaban J connectivity index is 1.62. The molecule has 0 saturated heterocycles. The van der Waals surface area contributed by atoms with Crippen LogP contribution in [0.4, 0.5) is 0 Å². The predicted octanol–water partition coefficient (Wildman–Crippen LogP) is 4.26. The quantitative estimate of drug-likeness (QED) is 0.808. The van der Waals surface area contributed by atoms with Crippen LogP contribution in [0.2, 0.25) is 0 Å². The summed E-state index contributed by atoms with van der Waals surface area (Å²) in [5.74, 6) is -0.388. The highest BCUT2D eigenvalue weighted by molar-refractivity contribution is 5.94. The van der Waals surface area contributed by atoms with Crippen LogP contribution in [-0.2, 0) is 6.54 Å². The van der Waals surface area contributed by atoms with Crippen LogP contribution >= 0.6 is 0 Å². The van der Waals surface area contributed by atoms with Crippen molar-refractivity contribution in [3.05, 3.63) is 59.7 Å². The fourth-order valence-corrected chi connectivity index (χ4v) is 3.41. The van der Waals surface area contributed by atoms with E-state index in [0.29, 0.717) is 11.6 Å². The lowest BCUT2D eigenvalue weighted by Crippen LogP contribution is -2.27. The van der Waals surface area contributed by atoms with E-state index in [0.717, 1.165) is 17.7 Å². The van der Waals surface area contributed by atoms with Gasteiger partial charge in [-0.15, -0.1) is 0 Å². The summed E-state index contributed by atoms with van der Waals surface area (Å²) < 4.78 is 0. The zero-order valence-corrected chi connectivity index (χ0v) is 14.1. The maximum Gasteiger partial charge on any atom is 0.248 e. The van der Waals surface area contributed by atoms with Crippen LogP contribution in [0.3, 0.4) is 0 Å². The van der Waals surface area contributed by atoms with Gasteiger partial charge in [0.2, 0.25) is 5.91 Å². The van der Waals surface area contributed by atoms with Crippen molar-refractivity contribution in [3.8, 4) is 11.1 Å². The molecule has 2 aromatic rings. The lowest BCUT2D eigenvalue weighted by Gasteiger charge is -2.16. The number of carbonyl (C=O) groups excluding carboxylic acids is 1. The topological polar surface area (TPSA) is 55.1 Å². The van der Waals surface area contributed by atoms with E-state index in [2.05, 4.69) is 29.6 Å². The number of hydrogen-bond donors (Lipinski definition) is 2. The molecule has 0 atom stereocenters. The largest absolute Gasteiger partial charge is 0.366 e. The van der Waals surface area contributed by atoms with Crippen molar-refractivity contribution in [2.24, 2.45) is 5.73 Å². The van der Waals surface area contributed by atoms with Crippen LogP contribution in [0.1, 0.15) is 54.4 Å². The molecule has 126 valence electrons. The zero-order valence-electron chi connectivity index (χ0n) is 14.1. The van der Waals surface area contributed by atoms with Crippen molar-refractivity contribution < 1.29 is 4.79 Å². The molecule has 3 nitrogen and oxygen atoms in total. The van der Waals surface area contributed by atoms with E-state index < -0.39 is 0 Å². The number of nitrogens with one attached hydrogen (secondary N) is 1. The first-order chi connectivity index (χ1) is 11.7. The van der Waals surface area contributed by atoms with Gasteiger partial charge in [0.15, 0.2) is 0 Å². The van der Waals surface area contributed by atoms with Gasteiger partial charge in [-0.1, -0.05) is 62.1 Å². The van der Waals surface area contributed by atoms with E-state index in [1.165, 1.54) is 44.1 Å². The third-order valence-electron chi connectivity index (χ3n) is 4.88. The minimum Gasteiger partial charge on any atom is -0.366 e. The molecule has 1 aliphatic carbocycles. The third-order valence-corrected chi connectivity index (χ3v) is 4.88. The molecule has 0 heterocycles. The molecular weight excluding hydrogens is 296 g/mol. The van der Waals surface area contributed by atoms with E-state index in [9.17, 15) is 4.79 Å². The smallest absolute Gasteiger partial charge is 0.248 e. The molecule has 3 heteroatoms. The molecule has 2 aromatic carbocycles. The Hall–Kier alpha value is -2.13. The summed E-state index contributed by atoms with van der Waals surface area (Å²) in [4.78, 5) is 11.3. The zero-order chi connectivity index (χ0) is 16.8. The highest BCUT2D eigenvalue weighted by Gasteiger charge is 2.11. The van der Waals surface area contributed by atoms with Crippen LogP contribution in [-0.4, -0.2) is 11.9 Å². The van der Waals surface area contributed by atoms with Crippen molar-refractivity contribution in [1.29, 1.82) is 0 Å². The summed E-state index contributed by atoms with van der Waals surface area (Å²) in [7, 11) is 0. The highest BCUT2D eigenvalue weighted by Crippen LogP contribution is 2.22. The number of rotatable bonds is 5. The maximum absolute atomic E-state index is 11.3. The van der Waals surface area contributed by atoms with Crippen LogP contribution in [0.5, 0.6) is 0 Å². The second-order valence-electron chi connectivity index (χ2n) is 6.71. The van der Waals surface area contributed by atoms with Crippen molar-refractivity contribution in [2.45, 2.75) is 51.1 Å². The first-order valence-corrected chi connectivity index (χ1v) is 8.95. The number of primary amides is 1. The van der Waals surface area contributed by atoms with Crippen molar-refractivity contribution in [1.82, 2.24) is 5.32 Å². The second-order valence-corrected chi connectivity index (χ2v) is 6.71. The van der Waals surface area contributed by atoms with Gasteiger partial charge >= 0.3 is 0 Å². The Labute approximate surface area is 144 Å². The fraction of sp³-hybridized carbons (Fsp3) is 0.381. The van der Waals surface area contributed by atoms with Gasteiger partial charge in [-0.05, 0) is 41.7 Å². The average Bonchev–Trinajstić information content (AvgIpc) is 2.89. The summed E-state index contributed by atoms with van der Waals surface area (Å²) >= 11 is 0. The molecule has 0 aliphatic heterocycles. The van der Waals surface area contributed by atoms with Gasteiger partial charge in [0, 0.05) is 18.2 Å². The second kappa shape index (κ2) is 8.11. The minimum absolute atomic E-state index is 0.388. The number of amides is 1. The summed E-state index contributed by atoms with van der Waals surface area (Å²) in [6.45, 7) is 0.923. The van der Waals surface area contributed by atoms with Gasteiger partial charge in [0.1, 0.15) is 0 Å². The molecule has 3 rings (SSSR count). The number of nitrogens with two attached hydrogens (primary N) is 1. The first kappa shape index (κ1) is 16.7. The summed E-state index contributed by atoms with van der Waals surface area (Å²) in [5.41, 5.74) is 9.34. The lowest BCUT2D eigenvalue weighted by molar-refractivity contribution is 0.100.